The number of amides is 1. The van der Waals surface area contributed by atoms with E-state index in [9.17, 15) is 9.59 Å². The van der Waals surface area contributed by atoms with Crippen molar-refractivity contribution in [2.75, 3.05) is 30.0 Å². The van der Waals surface area contributed by atoms with Gasteiger partial charge in [0.1, 0.15) is 0 Å². The Morgan fingerprint density at radius 3 is 2.29 bits per heavy atom. The number of anilines is 3. The first-order valence-corrected chi connectivity index (χ1v) is 7.52. The Bertz CT molecular complexity index is 727. The number of para-hydroxylation sites is 1. The summed E-state index contributed by atoms with van der Waals surface area (Å²) in [6.07, 6.45) is -0.939. The van der Waals surface area contributed by atoms with E-state index in [4.69, 9.17) is 10.5 Å². The summed E-state index contributed by atoms with van der Waals surface area (Å²) in [5.74, 6) is -1.03. The van der Waals surface area contributed by atoms with Crippen molar-refractivity contribution in [3.05, 3.63) is 54.1 Å². The number of hydrogen-bond acceptors (Lipinski definition) is 5. The van der Waals surface area contributed by atoms with Gasteiger partial charge in [-0.05, 0) is 43.3 Å². The molecule has 0 bridgehead atoms. The van der Waals surface area contributed by atoms with Crippen LogP contribution in [0.3, 0.4) is 0 Å². The fourth-order valence-corrected chi connectivity index (χ4v) is 2.05. The zero-order valence-electron chi connectivity index (χ0n) is 13.9. The number of carbonyl (C=O) groups is 2. The second kappa shape index (κ2) is 7.50. The summed E-state index contributed by atoms with van der Waals surface area (Å²) in [5.41, 5.74) is 7.94. The molecule has 0 saturated carbocycles. The maximum Gasteiger partial charge on any atom is 0.341 e. The first-order chi connectivity index (χ1) is 11.4. The number of carbonyl (C=O) groups excluding carboxylic acids is 2. The molecule has 0 spiro atoms. The fraction of sp³-hybridized carbons (Fsp3) is 0.222. The Kier molecular flexibility index (Phi) is 5.42. The van der Waals surface area contributed by atoms with Gasteiger partial charge >= 0.3 is 5.97 Å². The van der Waals surface area contributed by atoms with Crippen LogP contribution in [0.15, 0.2) is 48.5 Å². The molecule has 0 radical (unpaired) electrons. The van der Waals surface area contributed by atoms with Gasteiger partial charge in [0.25, 0.3) is 5.91 Å². The first-order valence-electron chi connectivity index (χ1n) is 7.52. The lowest BCUT2D eigenvalue weighted by Crippen LogP contribution is -2.30. The van der Waals surface area contributed by atoms with E-state index < -0.39 is 18.0 Å². The molecule has 126 valence electrons. The van der Waals surface area contributed by atoms with E-state index in [1.54, 1.807) is 36.4 Å². The third kappa shape index (κ3) is 4.25. The van der Waals surface area contributed by atoms with Crippen LogP contribution in [-0.2, 0) is 9.53 Å². The highest BCUT2D eigenvalue weighted by molar-refractivity contribution is 5.99. The second-order valence-corrected chi connectivity index (χ2v) is 5.57. The molecule has 0 fully saturated rings. The highest BCUT2D eigenvalue weighted by Gasteiger charge is 2.20. The standard InChI is InChI=1S/C18H21N3O3/c1-12(24-18(23)15-6-4-5-7-16(15)19)17(22)20-13-8-10-14(11-9-13)21(2)3/h4-12H,19H2,1-3H3,(H,20,22). The molecular weight excluding hydrogens is 306 g/mol. The molecule has 6 heteroatoms. The molecular formula is C18H21N3O3. The summed E-state index contributed by atoms with van der Waals surface area (Å²) in [6, 6.07) is 13.9. The van der Waals surface area contributed by atoms with Crippen molar-refractivity contribution in [2.45, 2.75) is 13.0 Å². The molecule has 24 heavy (non-hydrogen) atoms. The Labute approximate surface area is 141 Å². The van der Waals surface area contributed by atoms with Crippen LogP contribution in [-0.4, -0.2) is 32.1 Å². The van der Waals surface area contributed by atoms with Crippen molar-refractivity contribution >= 4 is 28.9 Å². The number of nitrogens with two attached hydrogens (primary N) is 1. The monoisotopic (exact) mass is 327 g/mol. The summed E-state index contributed by atoms with van der Waals surface area (Å²) in [4.78, 5) is 26.2. The van der Waals surface area contributed by atoms with Crippen LogP contribution < -0.4 is 16.0 Å². The lowest BCUT2D eigenvalue weighted by Gasteiger charge is -2.15. The van der Waals surface area contributed by atoms with Crippen LogP contribution in [0.25, 0.3) is 0 Å². The summed E-state index contributed by atoms with van der Waals surface area (Å²) in [5, 5.41) is 2.71. The largest absolute Gasteiger partial charge is 0.449 e. The average molecular weight is 327 g/mol. The van der Waals surface area contributed by atoms with Gasteiger partial charge in [0.15, 0.2) is 6.10 Å². The molecule has 0 saturated heterocycles. The van der Waals surface area contributed by atoms with Gasteiger partial charge < -0.3 is 20.7 Å². The van der Waals surface area contributed by atoms with Gasteiger partial charge in [0.05, 0.1) is 5.56 Å². The molecule has 0 aromatic heterocycles. The van der Waals surface area contributed by atoms with E-state index in [1.165, 1.54) is 6.92 Å². The minimum atomic E-state index is -0.939. The Morgan fingerprint density at radius 1 is 1.08 bits per heavy atom. The van der Waals surface area contributed by atoms with Crippen molar-refractivity contribution < 1.29 is 14.3 Å². The summed E-state index contributed by atoms with van der Waals surface area (Å²) >= 11 is 0. The quantitative estimate of drug-likeness (QED) is 0.651. The van der Waals surface area contributed by atoms with Gasteiger partial charge in [-0.3, -0.25) is 4.79 Å². The van der Waals surface area contributed by atoms with Gasteiger partial charge in [-0.2, -0.15) is 0 Å². The summed E-state index contributed by atoms with van der Waals surface area (Å²) < 4.78 is 5.17. The molecule has 1 unspecified atom stereocenters. The summed E-state index contributed by atoms with van der Waals surface area (Å²) in [6.45, 7) is 1.51. The number of rotatable bonds is 5. The number of hydrogen-bond donors (Lipinski definition) is 2. The van der Waals surface area contributed by atoms with Crippen LogP contribution in [0.2, 0.25) is 0 Å². The van der Waals surface area contributed by atoms with Crippen LogP contribution in [0.5, 0.6) is 0 Å². The Morgan fingerprint density at radius 2 is 1.71 bits per heavy atom. The highest BCUT2D eigenvalue weighted by Crippen LogP contribution is 2.17. The van der Waals surface area contributed by atoms with Crippen LogP contribution >= 0.6 is 0 Å². The summed E-state index contributed by atoms with van der Waals surface area (Å²) in [7, 11) is 3.87. The molecule has 0 aliphatic rings. The van der Waals surface area contributed by atoms with Crippen molar-refractivity contribution in [1.82, 2.24) is 0 Å². The number of benzene rings is 2. The molecule has 3 N–H and O–H groups in total. The number of ether oxygens (including phenoxy) is 1. The predicted octanol–water partition coefficient (Wildman–Crippen LogP) is 2.52. The zero-order chi connectivity index (χ0) is 17.7. The van der Waals surface area contributed by atoms with Crippen molar-refractivity contribution in [3.63, 3.8) is 0 Å². The van der Waals surface area contributed by atoms with E-state index in [2.05, 4.69) is 5.32 Å². The normalized spacial score (nSPS) is 11.5. The molecule has 0 aliphatic heterocycles. The molecule has 0 aliphatic carbocycles. The number of nitrogen functional groups attached to an aromatic ring is 1. The molecule has 0 heterocycles. The van der Waals surface area contributed by atoms with Crippen molar-refractivity contribution in [2.24, 2.45) is 0 Å². The van der Waals surface area contributed by atoms with Gasteiger partial charge in [-0.15, -0.1) is 0 Å². The van der Waals surface area contributed by atoms with Crippen LogP contribution in [0.1, 0.15) is 17.3 Å². The van der Waals surface area contributed by atoms with Gasteiger partial charge in [0.2, 0.25) is 0 Å². The van der Waals surface area contributed by atoms with E-state index >= 15 is 0 Å². The number of esters is 1. The topological polar surface area (TPSA) is 84.7 Å². The van der Waals surface area contributed by atoms with E-state index in [0.29, 0.717) is 11.4 Å². The van der Waals surface area contributed by atoms with Crippen molar-refractivity contribution in [3.8, 4) is 0 Å². The molecule has 2 aromatic rings. The van der Waals surface area contributed by atoms with Crippen molar-refractivity contribution in [1.29, 1.82) is 0 Å². The lowest BCUT2D eigenvalue weighted by atomic mass is 10.2. The first kappa shape index (κ1) is 17.3. The maximum atomic E-state index is 12.2. The van der Waals surface area contributed by atoms with E-state index in [-0.39, 0.29) is 5.56 Å². The number of nitrogens with one attached hydrogen (secondary N) is 1. The highest BCUT2D eigenvalue weighted by atomic mass is 16.5. The molecule has 2 aromatic carbocycles. The minimum Gasteiger partial charge on any atom is -0.449 e. The maximum absolute atomic E-state index is 12.2. The predicted molar refractivity (Wildman–Crippen MR) is 95.1 cm³/mol. The molecule has 2 rings (SSSR count). The van der Waals surface area contributed by atoms with Gasteiger partial charge in [-0.25, -0.2) is 4.79 Å². The van der Waals surface area contributed by atoms with Crippen LogP contribution in [0.4, 0.5) is 17.1 Å². The average Bonchev–Trinajstić information content (AvgIpc) is 2.55. The Hall–Kier alpha value is -3.02. The zero-order valence-corrected chi connectivity index (χ0v) is 13.9. The number of nitrogens with zero attached hydrogens (tertiary/aromatic N) is 1. The SMILES string of the molecule is CC(OC(=O)c1ccccc1N)C(=O)Nc1ccc(N(C)C)cc1. The molecule has 1 atom stereocenters. The third-order valence-electron chi connectivity index (χ3n) is 3.48. The van der Waals surface area contributed by atoms with Gasteiger partial charge in [0, 0.05) is 31.2 Å². The molecule has 6 nitrogen and oxygen atoms in total. The van der Waals surface area contributed by atoms with E-state index in [0.717, 1.165) is 5.69 Å². The van der Waals surface area contributed by atoms with Crippen LogP contribution in [0, 0.1) is 0 Å². The lowest BCUT2D eigenvalue weighted by molar-refractivity contribution is -0.123. The smallest absolute Gasteiger partial charge is 0.341 e. The van der Waals surface area contributed by atoms with E-state index in [1.807, 2.05) is 31.1 Å². The molecule has 1 amide bonds. The second-order valence-electron chi connectivity index (χ2n) is 5.57. The Balaban J connectivity index is 1.97. The van der Waals surface area contributed by atoms with Gasteiger partial charge in [-0.1, -0.05) is 12.1 Å². The third-order valence-corrected chi connectivity index (χ3v) is 3.48. The minimum absolute atomic E-state index is 0.243. The fourth-order valence-electron chi connectivity index (χ4n) is 2.05.